The van der Waals surface area contributed by atoms with Gasteiger partial charge in [-0.15, -0.1) is 9.24 Å². The molecule has 3 rings (SSSR count). The van der Waals surface area contributed by atoms with Crippen molar-refractivity contribution in [2.45, 2.75) is 37.5 Å². The molecule has 0 spiro atoms. The molecule has 0 fully saturated rings. The van der Waals surface area contributed by atoms with Gasteiger partial charge in [-0.2, -0.15) is 0 Å². The number of nitrogens with one attached hydrogen (secondary N) is 2. The molecule has 4 N–H and O–H groups in total. The fourth-order valence-corrected chi connectivity index (χ4v) is 4.47. The summed E-state index contributed by atoms with van der Waals surface area (Å²) in [7, 11) is 2.60. The Kier molecular flexibility index (Phi) is 8.57. The minimum absolute atomic E-state index is 0.0531. The van der Waals surface area contributed by atoms with Gasteiger partial charge in [0.05, 0.1) is 18.2 Å². The van der Waals surface area contributed by atoms with E-state index in [0.29, 0.717) is 24.6 Å². The Hall–Kier alpha value is -2.53. The smallest absolute Gasteiger partial charge is 0.251 e. The molecule has 0 aliphatic heterocycles. The number of carbonyl (C=O) groups is 2. The number of hydrogen-bond donors (Lipinski definition) is 4. The zero-order chi connectivity index (χ0) is 23.1. The third-order valence-corrected chi connectivity index (χ3v) is 6.18. The van der Waals surface area contributed by atoms with Crippen LogP contribution in [-0.4, -0.2) is 46.9 Å². The normalized spacial score (nSPS) is 19.0. The molecule has 0 radical (unpaired) electrons. The van der Waals surface area contributed by atoms with E-state index in [0.717, 1.165) is 16.7 Å². The van der Waals surface area contributed by atoms with Gasteiger partial charge in [-0.1, -0.05) is 49.1 Å². The highest BCUT2D eigenvalue weighted by molar-refractivity contribution is 7.16. The predicted octanol–water partition coefficient (Wildman–Crippen LogP) is 2.47. The summed E-state index contributed by atoms with van der Waals surface area (Å²) < 4.78 is 0. The van der Waals surface area contributed by atoms with E-state index >= 15 is 0 Å². The van der Waals surface area contributed by atoms with Crippen LogP contribution in [0.15, 0.2) is 55.1 Å². The minimum atomic E-state index is -0.862. The maximum atomic E-state index is 13.0. The van der Waals surface area contributed by atoms with Crippen molar-refractivity contribution in [1.82, 2.24) is 10.6 Å². The topological polar surface area (TPSA) is 98.7 Å². The first-order chi connectivity index (χ1) is 15.4. The summed E-state index contributed by atoms with van der Waals surface area (Å²) in [5, 5.41) is 26.6. The predicted molar refractivity (Wildman–Crippen MR) is 129 cm³/mol. The number of rotatable bonds is 10. The summed E-state index contributed by atoms with van der Waals surface area (Å²) in [5.74, 6) is -0.901. The second kappa shape index (κ2) is 11.4. The molecule has 7 heteroatoms. The lowest BCUT2D eigenvalue weighted by Crippen LogP contribution is -2.40. The average Bonchev–Trinajstić information content (AvgIpc) is 3.12. The van der Waals surface area contributed by atoms with Gasteiger partial charge in [0.1, 0.15) is 0 Å². The third kappa shape index (κ3) is 6.04. The largest absolute Gasteiger partial charge is 0.391 e. The van der Waals surface area contributed by atoms with Crippen molar-refractivity contribution in [3.8, 4) is 0 Å². The van der Waals surface area contributed by atoms with E-state index in [1.54, 1.807) is 30.3 Å². The van der Waals surface area contributed by atoms with Gasteiger partial charge in [0.15, 0.2) is 0 Å². The van der Waals surface area contributed by atoms with Gasteiger partial charge in [-0.05, 0) is 47.8 Å². The van der Waals surface area contributed by atoms with E-state index in [-0.39, 0.29) is 24.8 Å². The van der Waals surface area contributed by atoms with Crippen molar-refractivity contribution >= 4 is 27.1 Å². The molecular formula is C25H31N2O4P. The van der Waals surface area contributed by atoms with Crippen molar-refractivity contribution in [2.75, 3.05) is 12.7 Å². The first kappa shape index (κ1) is 24.1. The highest BCUT2D eigenvalue weighted by Gasteiger charge is 2.33. The number of fused-ring (bicyclic) bond motifs is 1. The van der Waals surface area contributed by atoms with Gasteiger partial charge in [0.25, 0.3) is 5.91 Å². The fraction of sp³-hybridized carbons (Fsp3) is 0.360. The lowest BCUT2D eigenvalue weighted by Gasteiger charge is -2.24. The number of hydrogen-bond acceptors (Lipinski definition) is 4. The number of aliphatic hydroxyl groups excluding tert-OH is 2. The SMILES string of the molecule is C=Cc1ccc(C(=O)NCC(O)CC(CCP)C(=O)NC2c3ccccc3CC2O)cc1. The van der Waals surface area contributed by atoms with Crippen LogP contribution >= 0.6 is 9.24 Å². The van der Waals surface area contributed by atoms with E-state index in [1.165, 1.54) is 0 Å². The second-order valence-electron chi connectivity index (χ2n) is 8.16. The first-order valence-electron chi connectivity index (χ1n) is 10.9. The molecule has 0 bridgehead atoms. The molecule has 1 aliphatic carbocycles. The number of carbonyl (C=O) groups excluding carboxylic acids is 2. The van der Waals surface area contributed by atoms with E-state index < -0.39 is 24.2 Å². The van der Waals surface area contributed by atoms with Crippen LogP contribution in [0.1, 0.15) is 45.9 Å². The van der Waals surface area contributed by atoms with Crippen LogP contribution in [0, 0.1) is 5.92 Å². The van der Waals surface area contributed by atoms with Crippen molar-refractivity contribution in [3.05, 3.63) is 77.4 Å². The van der Waals surface area contributed by atoms with E-state index in [9.17, 15) is 19.8 Å². The molecule has 32 heavy (non-hydrogen) atoms. The summed E-state index contributed by atoms with van der Waals surface area (Å²) in [5.41, 5.74) is 3.39. The molecule has 1 aliphatic rings. The van der Waals surface area contributed by atoms with Crippen LogP contribution in [0.3, 0.4) is 0 Å². The van der Waals surface area contributed by atoms with Crippen molar-refractivity contribution in [2.24, 2.45) is 5.92 Å². The molecule has 0 saturated heterocycles. The number of amides is 2. The standard InChI is InChI=1S/C25H31N2O4P/c1-2-16-7-9-17(10-8-16)24(30)26-15-20(28)13-19(11-12-32)25(31)27-23-21-6-4-3-5-18(21)14-22(23)29/h2-10,19-20,22-23,28-29H,1,11-15,32H2,(H,26,30)(H,27,31). The van der Waals surface area contributed by atoms with Gasteiger partial charge in [-0.3, -0.25) is 9.59 Å². The molecule has 0 heterocycles. The van der Waals surface area contributed by atoms with Crippen LogP contribution in [0.4, 0.5) is 0 Å². The molecule has 0 aromatic heterocycles. The summed E-state index contributed by atoms with van der Waals surface area (Å²) >= 11 is 0. The van der Waals surface area contributed by atoms with E-state index in [1.807, 2.05) is 24.3 Å². The lowest BCUT2D eigenvalue weighted by atomic mass is 9.96. The molecule has 2 amide bonds. The van der Waals surface area contributed by atoms with Crippen molar-refractivity contribution in [1.29, 1.82) is 0 Å². The highest BCUT2D eigenvalue weighted by atomic mass is 31.0. The van der Waals surface area contributed by atoms with E-state index in [4.69, 9.17) is 0 Å². The summed E-state index contributed by atoms with van der Waals surface area (Å²) in [4.78, 5) is 25.3. The molecule has 0 saturated carbocycles. The van der Waals surface area contributed by atoms with Crippen LogP contribution in [0.25, 0.3) is 6.08 Å². The highest BCUT2D eigenvalue weighted by Crippen LogP contribution is 2.31. The van der Waals surface area contributed by atoms with Crippen LogP contribution in [-0.2, 0) is 11.2 Å². The summed E-state index contributed by atoms with van der Waals surface area (Å²) in [6.07, 6.45) is 2.19. The minimum Gasteiger partial charge on any atom is -0.391 e. The fourth-order valence-electron chi connectivity index (χ4n) is 4.07. The molecule has 170 valence electrons. The van der Waals surface area contributed by atoms with Crippen LogP contribution in [0.5, 0.6) is 0 Å². The molecule has 5 atom stereocenters. The quantitative estimate of drug-likeness (QED) is 0.415. The second-order valence-corrected chi connectivity index (χ2v) is 8.73. The van der Waals surface area contributed by atoms with Crippen molar-refractivity contribution < 1.29 is 19.8 Å². The maximum absolute atomic E-state index is 13.0. The van der Waals surface area contributed by atoms with Gasteiger partial charge >= 0.3 is 0 Å². The molecule has 6 nitrogen and oxygen atoms in total. The first-order valence-corrected chi connectivity index (χ1v) is 11.7. The van der Waals surface area contributed by atoms with E-state index in [2.05, 4.69) is 26.5 Å². The summed E-state index contributed by atoms with van der Waals surface area (Å²) in [6.45, 7) is 3.74. The van der Waals surface area contributed by atoms with Gasteiger partial charge in [-0.25, -0.2) is 0 Å². The van der Waals surface area contributed by atoms with Gasteiger partial charge < -0.3 is 20.8 Å². The average molecular weight is 455 g/mol. The number of aliphatic hydroxyl groups is 2. The third-order valence-electron chi connectivity index (χ3n) is 5.85. The Morgan fingerprint density at radius 2 is 1.91 bits per heavy atom. The Morgan fingerprint density at radius 3 is 2.59 bits per heavy atom. The Balaban J connectivity index is 1.55. The van der Waals surface area contributed by atoms with Crippen molar-refractivity contribution in [3.63, 3.8) is 0 Å². The maximum Gasteiger partial charge on any atom is 0.251 e. The molecule has 5 unspecified atom stereocenters. The molecule has 2 aromatic carbocycles. The number of benzene rings is 2. The summed E-state index contributed by atoms with van der Waals surface area (Å²) in [6, 6.07) is 14.3. The Bertz CT molecular complexity index is 947. The van der Waals surface area contributed by atoms with Gasteiger partial charge in [0.2, 0.25) is 5.91 Å². The lowest BCUT2D eigenvalue weighted by molar-refractivity contribution is -0.127. The van der Waals surface area contributed by atoms with Crippen LogP contribution in [0.2, 0.25) is 0 Å². The Labute approximate surface area is 191 Å². The zero-order valence-electron chi connectivity index (χ0n) is 18.0. The Morgan fingerprint density at radius 1 is 1.19 bits per heavy atom. The monoisotopic (exact) mass is 454 g/mol. The van der Waals surface area contributed by atoms with Crippen LogP contribution < -0.4 is 10.6 Å². The molecular weight excluding hydrogens is 423 g/mol. The molecule has 2 aromatic rings. The zero-order valence-corrected chi connectivity index (χ0v) is 19.2. The van der Waals surface area contributed by atoms with Gasteiger partial charge in [0, 0.05) is 24.4 Å².